The Bertz CT molecular complexity index is 1340. The minimum Gasteiger partial charge on any atom is -0.502 e. The zero-order valence-electron chi connectivity index (χ0n) is 28.3. The van der Waals surface area contributed by atoms with Gasteiger partial charge in [0.15, 0.2) is 29.7 Å². The highest BCUT2D eigenvalue weighted by atomic mass is 16.7. The van der Waals surface area contributed by atoms with Gasteiger partial charge in [-0.2, -0.15) is 0 Å². The number of ether oxygens (including phenoxy) is 7. The highest BCUT2D eigenvalue weighted by molar-refractivity contribution is 5.91. The molecule has 0 bridgehead atoms. The molecule has 0 spiro atoms. The van der Waals surface area contributed by atoms with E-state index in [9.17, 15) is 45.3 Å². The maximum Gasteiger partial charge on any atom is 0.338 e. The Kier molecular flexibility index (Phi) is 12.0. The van der Waals surface area contributed by atoms with Gasteiger partial charge in [0.05, 0.1) is 44.7 Å². The Morgan fingerprint density at radius 3 is 2.27 bits per heavy atom. The number of hydrogen-bond acceptors (Lipinski definition) is 16. The molecule has 2 aliphatic heterocycles. The smallest absolute Gasteiger partial charge is 0.338 e. The summed E-state index contributed by atoms with van der Waals surface area (Å²) in [4.78, 5) is 24.8. The number of carbonyl (C=O) groups is 2. The number of ketones is 1. The number of methoxy groups -OCH3 is 2. The van der Waals surface area contributed by atoms with Crippen molar-refractivity contribution in [2.24, 2.45) is 11.3 Å². The van der Waals surface area contributed by atoms with Gasteiger partial charge in [0.1, 0.15) is 42.9 Å². The van der Waals surface area contributed by atoms with Crippen molar-refractivity contribution >= 4 is 11.8 Å². The lowest BCUT2D eigenvalue weighted by atomic mass is 9.60. The van der Waals surface area contributed by atoms with Gasteiger partial charge in [0.25, 0.3) is 0 Å². The monoisotopic (exact) mass is 700 g/mol. The number of aromatic hydroxyl groups is 1. The molecule has 1 aromatic rings. The fourth-order valence-electron chi connectivity index (χ4n) is 6.36. The molecule has 3 fully saturated rings. The van der Waals surface area contributed by atoms with Crippen LogP contribution < -0.4 is 9.47 Å². The quantitative estimate of drug-likeness (QED) is 0.108. The van der Waals surface area contributed by atoms with Gasteiger partial charge in [-0.3, -0.25) is 4.79 Å². The standard InChI is InChI=1S/C33H48O16/c1-16-9-19(34)12-31(3,4)33(16,42)8-7-17(2)48-29-26(38)25(37)24(36)22(49-29)13-45-30-27(39)32(41,15-47-30)14-46-28(40)18-10-20(43-5)23(35)21(11-18)44-6/h7-8,10-11,16-17,22,24-27,29-30,35-39,41-42H,9,12-15H2,1-6H3. The van der Waals surface area contributed by atoms with E-state index in [4.69, 9.17) is 33.2 Å². The van der Waals surface area contributed by atoms with Crippen molar-refractivity contribution in [2.75, 3.05) is 34.0 Å². The minimum atomic E-state index is -2.09. The highest BCUT2D eigenvalue weighted by Gasteiger charge is 2.52. The van der Waals surface area contributed by atoms with Crippen molar-refractivity contribution < 1.29 is 78.5 Å². The molecule has 7 N–H and O–H groups in total. The Morgan fingerprint density at radius 2 is 1.67 bits per heavy atom. The van der Waals surface area contributed by atoms with Crippen molar-refractivity contribution in [1.82, 2.24) is 0 Å². The summed E-state index contributed by atoms with van der Waals surface area (Å²) in [6, 6.07) is 2.41. The Labute approximate surface area is 283 Å². The number of aliphatic hydroxyl groups excluding tert-OH is 4. The molecule has 11 unspecified atom stereocenters. The van der Waals surface area contributed by atoms with Crippen LogP contribution >= 0.6 is 0 Å². The summed E-state index contributed by atoms with van der Waals surface area (Å²) < 4.78 is 37.7. The third kappa shape index (κ3) is 8.04. The second-order valence-corrected chi connectivity index (χ2v) is 13.6. The van der Waals surface area contributed by atoms with Gasteiger partial charge < -0.3 is 68.9 Å². The Hall–Kier alpha value is -2.90. The van der Waals surface area contributed by atoms with Gasteiger partial charge in [-0.1, -0.05) is 32.9 Å². The molecule has 1 aliphatic carbocycles. The van der Waals surface area contributed by atoms with E-state index in [2.05, 4.69) is 0 Å². The second kappa shape index (κ2) is 15.1. The van der Waals surface area contributed by atoms with Gasteiger partial charge in [0.2, 0.25) is 5.75 Å². The molecular weight excluding hydrogens is 652 g/mol. The maximum atomic E-state index is 12.7. The summed E-state index contributed by atoms with van der Waals surface area (Å²) in [6.07, 6.45) is -8.11. The van der Waals surface area contributed by atoms with Crippen LogP contribution in [0.15, 0.2) is 24.3 Å². The molecule has 276 valence electrons. The molecule has 3 aliphatic rings. The molecule has 11 atom stereocenters. The van der Waals surface area contributed by atoms with E-state index in [1.54, 1.807) is 39.8 Å². The average molecular weight is 701 g/mol. The third-order valence-corrected chi connectivity index (χ3v) is 9.55. The predicted molar refractivity (Wildman–Crippen MR) is 167 cm³/mol. The molecule has 16 heteroatoms. The summed E-state index contributed by atoms with van der Waals surface area (Å²) in [6.45, 7) is 5.31. The topological polar surface area (TPSA) is 240 Å². The molecule has 0 radical (unpaired) electrons. The molecule has 1 saturated carbocycles. The fraction of sp³-hybridized carbons (Fsp3) is 0.697. The number of phenolic OH excluding ortho intramolecular Hbond substituents is 1. The van der Waals surface area contributed by atoms with Crippen molar-refractivity contribution in [3.63, 3.8) is 0 Å². The zero-order chi connectivity index (χ0) is 36.5. The number of carbonyl (C=O) groups excluding carboxylic acids is 2. The first-order chi connectivity index (χ1) is 22.9. The Balaban J connectivity index is 1.33. The molecule has 16 nitrogen and oxygen atoms in total. The predicted octanol–water partition coefficient (Wildman–Crippen LogP) is -0.444. The number of esters is 1. The van der Waals surface area contributed by atoms with E-state index >= 15 is 0 Å². The van der Waals surface area contributed by atoms with Crippen LogP contribution in [0.25, 0.3) is 0 Å². The molecule has 2 heterocycles. The number of rotatable bonds is 12. The first-order valence-electron chi connectivity index (χ1n) is 15.9. The molecule has 4 rings (SSSR count). The second-order valence-electron chi connectivity index (χ2n) is 13.6. The lowest BCUT2D eigenvalue weighted by Crippen LogP contribution is -2.60. The number of aliphatic hydroxyl groups is 6. The maximum absolute atomic E-state index is 12.7. The summed E-state index contributed by atoms with van der Waals surface area (Å²) >= 11 is 0. The first kappa shape index (κ1) is 38.9. The minimum absolute atomic E-state index is 0.0542. The summed E-state index contributed by atoms with van der Waals surface area (Å²) in [5.41, 5.74) is -4.22. The van der Waals surface area contributed by atoms with Crippen molar-refractivity contribution in [1.29, 1.82) is 0 Å². The molecule has 0 aromatic heterocycles. The molecule has 49 heavy (non-hydrogen) atoms. The van der Waals surface area contributed by atoms with E-state index in [-0.39, 0.29) is 47.4 Å². The van der Waals surface area contributed by atoms with Crippen LogP contribution in [0.3, 0.4) is 0 Å². The molecule has 0 amide bonds. The zero-order valence-corrected chi connectivity index (χ0v) is 28.3. The number of phenols is 1. The normalized spacial score (nSPS) is 36.9. The number of Topliss-reactive ketones (excluding diaryl/α,β-unsaturated/α-hetero) is 1. The van der Waals surface area contributed by atoms with E-state index < -0.39 is 91.6 Å². The number of benzene rings is 1. The third-order valence-electron chi connectivity index (χ3n) is 9.55. The lowest BCUT2D eigenvalue weighted by molar-refractivity contribution is -0.314. The van der Waals surface area contributed by atoms with Crippen molar-refractivity contribution in [3.05, 3.63) is 29.8 Å². The summed E-state index contributed by atoms with van der Waals surface area (Å²) in [7, 11) is 2.56. The molecule has 2 saturated heterocycles. The highest BCUT2D eigenvalue weighted by Crippen LogP contribution is 2.47. The Morgan fingerprint density at radius 1 is 1.04 bits per heavy atom. The first-order valence-corrected chi connectivity index (χ1v) is 15.9. The van der Waals surface area contributed by atoms with Gasteiger partial charge in [0, 0.05) is 18.3 Å². The van der Waals surface area contributed by atoms with Crippen LogP contribution in [0.4, 0.5) is 0 Å². The van der Waals surface area contributed by atoms with Crippen LogP contribution in [0.2, 0.25) is 0 Å². The lowest BCUT2D eigenvalue weighted by Gasteiger charge is -2.48. The average Bonchev–Trinajstić information content (AvgIpc) is 3.33. The van der Waals surface area contributed by atoms with Crippen LogP contribution in [-0.4, -0.2) is 142 Å². The number of hydrogen-bond donors (Lipinski definition) is 7. The van der Waals surface area contributed by atoms with Crippen molar-refractivity contribution in [3.8, 4) is 17.2 Å². The van der Waals surface area contributed by atoms with Crippen LogP contribution in [0.1, 0.15) is 50.9 Å². The van der Waals surface area contributed by atoms with Crippen LogP contribution in [0.5, 0.6) is 17.2 Å². The van der Waals surface area contributed by atoms with Crippen molar-refractivity contribution in [2.45, 2.75) is 101 Å². The van der Waals surface area contributed by atoms with Gasteiger partial charge in [-0.15, -0.1) is 0 Å². The summed E-state index contributed by atoms with van der Waals surface area (Å²) in [5, 5.41) is 74.9. The van der Waals surface area contributed by atoms with Crippen LogP contribution in [-0.2, 0) is 28.5 Å². The van der Waals surface area contributed by atoms with Gasteiger partial charge in [-0.25, -0.2) is 4.79 Å². The molecule has 1 aromatic carbocycles. The van der Waals surface area contributed by atoms with E-state index in [0.717, 1.165) is 0 Å². The van der Waals surface area contributed by atoms with Crippen LogP contribution in [0, 0.1) is 11.3 Å². The molecular formula is C33H48O16. The van der Waals surface area contributed by atoms with E-state index in [1.165, 1.54) is 26.4 Å². The largest absolute Gasteiger partial charge is 0.502 e. The summed E-state index contributed by atoms with van der Waals surface area (Å²) in [5.74, 6) is -1.65. The van der Waals surface area contributed by atoms with E-state index in [0.29, 0.717) is 0 Å². The van der Waals surface area contributed by atoms with E-state index in [1.807, 2.05) is 0 Å². The SMILES string of the molecule is COc1cc(C(=O)OCC2(O)COC(OCC3OC(OC(C)C=CC4(O)C(C)CC(=O)CC4(C)C)C(O)C(O)C3O)C2O)cc(OC)c1O. The fourth-order valence-corrected chi connectivity index (χ4v) is 6.36. The van der Waals surface area contributed by atoms with Gasteiger partial charge >= 0.3 is 5.97 Å². The van der Waals surface area contributed by atoms with Gasteiger partial charge in [-0.05, 0) is 25.0 Å².